The normalized spacial score (nSPS) is 11.1. The van der Waals surface area contributed by atoms with Crippen molar-refractivity contribution in [2.24, 2.45) is 0 Å². The lowest BCUT2D eigenvalue weighted by Crippen LogP contribution is -1.86. The predicted molar refractivity (Wildman–Crippen MR) is 65.4 cm³/mol. The second-order valence-corrected chi connectivity index (χ2v) is 4.88. The molecule has 0 unspecified atom stereocenters. The van der Waals surface area contributed by atoms with Crippen LogP contribution in [-0.4, -0.2) is 5.11 Å². The van der Waals surface area contributed by atoms with Crippen LogP contribution in [0.4, 0.5) is 0 Å². The molecule has 0 saturated carbocycles. The van der Waals surface area contributed by atoms with Crippen LogP contribution < -0.4 is 0 Å². The lowest BCUT2D eigenvalue weighted by atomic mass is 10.1. The Bertz CT molecular complexity index is 466. The highest BCUT2D eigenvalue weighted by molar-refractivity contribution is 9.08. The van der Waals surface area contributed by atoms with Crippen molar-refractivity contribution >= 4 is 49.0 Å². The minimum Gasteiger partial charge on any atom is -0.392 e. The van der Waals surface area contributed by atoms with Crippen molar-refractivity contribution in [3.63, 3.8) is 0 Å². The van der Waals surface area contributed by atoms with Gasteiger partial charge in [-0.2, -0.15) is 0 Å². The Morgan fingerprint density at radius 2 is 2.21 bits per heavy atom. The first kappa shape index (κ1) is 10.4. The van der Waals surface area contributed by atoms with Crippen LogP contribution >= 0.6 is 38.9 Å². The van der Waals surface area contributed by atoms with Gasteiger partial charge in [0.25, 0.3) is 0 Å². The fraction of sp³-hybridized carbons (Fsp3) is 0.200. The average molecular weight is 292 g/mol. The summed E-state index contributed by atoms with van der Waals surface area (Å²) in [6, 6.07) is 3.97. The number of aliphatic hydroxyl groups excluding tert-OH is 1. The van der Waals surface area contributed by atoms with E-state index in [0.717, 1.165) is 31.6 Å². The van der Waals surface area contributed by atoms with Crippen molar-refractivity contribution in [1.29, 1.82) is 0 Å². The van der Waals surface area contributed by atoms with Crippen LogP contribution in [0, 0.1) is 0 Å². The molecule has 1 aromatic heterocycles. The predicted octanol–water partition coefficient (Wildman–Crippen LogP) is 3.94. The number of benzene rings is 1. The lowest BCUT2D eigenvalue weighted by Gasteiger charge is -2.03. The van der Waals surface area contributed by atoms with Crippen molar-refractivity contribution in [1.82, 2.24) is 0 Å². The minimum absolute atomic E-state index is 0.0749. The summed E-state index contributed by atoms with van der Waals surface area (Å²) >= 11 is 11.1. The summed E-state index contributed by atoms with van der Waals surface area (Å²) in [6.07, 6.45) is 0. The van der Waals surface area contributed by atoms with Gasteiger partial charge < -0.3 is 5.11 Å². The number of hydrogen-bond acceptors (Lipinski definition) is 2. The van der Waals surface area contributed by atoms with Gasteiger partial charge in [-0.3, -0.25) is 0 Å². The summed E-state index contributed by atoms with van der Waals surface area (Å²) in [7, 11) is 0. The van der Waals surface area contributed by atoms with Gasteiger partial charge in [-0.25, -0.2) is 0 Å². The van der Waals surface area contributed by atoms with Gasteiger partial charge in [-0.05, 0) is 17.2 Å². The highest BCUT2D eigenvalue weighted by atomic mass is 79.9. The summed E-state index contributed by atoms with van der Waals surface area (Å²) in [5, 5.41) is 13.7. The largest absolute Gasteiger partial charge is 0.392 e. The van der Waals surface area contributed by atoms with E-state index >= 15 is 0 Å². The number of alkyl halides is 1. The molecule has 2 rings (SSSR count). The maximum atomic E-state index is 9.08. The molecule has 4 heteroatoms. The van der Waals surface area contributed by atoms with E-state index in [4.69, 9.17) is 16.7 Å². The molecular formula is C10H8BrClOS. The van der Waals surface area contributed by atoms with Crippen molar-refractivity contribution in [3.8, 4) is 0 Å². The lowest BCUT2D eigenvalue weighted by molar-refractivity contribution is 0.282. The standard InChI is InChI=1S/C10H8BrClOS/c11-3-7-1-6(4-13)2-9-10(7)8(12)5-14-9/h1-2,5,13H,3-4H2. The van der Waals surface area contributed by atoms with Gasteiger partial charge in [0.1, 0.15) is 0 Å². The topological polar surface area (TPSA) is 20.2 Å². The molecule has 1 nitrogen and oxygen atoms in total. The maximum absolute atomic E-state index is 9.08. The number of hydrogen-bond donors (Lipinski definition) is 1. The van der Waals surface area contributed by atoms with Crippen molar-refractivity contribution in [2.45, 2.75) is 11.9 Å². The molecule has 1 heterocycles. The number of aliphatic hydroxyl groups is 1. The maximum Gasteiger partial charge on any atom is 0.0682 e. The first-order valence-corrected chi connectivity index (χ1v) is 6.49. The first-order chi connectivity index (χ1) is 6.76. The van der Waals surface area contributed by atoms with Crippen LogP contribution in [0.5, 0.6) is 0 Å². The van der Waals surface area contributed by atoms with Crippen molar-refractivity contribution < 1.29 is 5.11 Å². The van der Waals surface area contributed by atoms with Gasteiger partial charge in [0.05, 0.1) is 11.6 Å². The molecule has 0 amide bonds. The molecule has 74 valence electrons. The van der Waals surface area contributed by atoms with E-state index in [1.807, 2.05) is 17.5 Å². The van der Waals surface area contributed by atoms with Crippen LogP contribution in [0.25, 0.3) is 10.1 Å². The van der Waals surface area contributed by atoms with Crippen LogP contribution in [0.3, 0.4) is 0 Å². The molecule has 1 N–H and O–H groups in total. The van der Waals surface area contributed by atoms with Crippen LogP contribution in [0.15, 0.2) is 17.5 Å². The van der Waals surface area contributed by atoms with E-state index in [1.165, 1.54) is 0 Å². The smallest absolute Gasteiger partial charge is 0.0682 e. The third kappa shape index (κ3) is 1.70. The highest BCUT2D eigenvalue weighted by Crippen LogP contribution is 2.34. The monoisotopic (exact) mass is 290 g/mol. The molecule has 14 heavy (non-hydrogen) atoms. The van der Waals surface area contributed by atoms with E-state index in [0.29, 0.717) is 0 Å². The fourth-order valence-electron chi connectivity index (χ4n) is 1.47. The van der Waals surface area contributed by atoms with E-state index < -0.39 is 0 Å². The molecule has 0 spiro atoms. The van der Waals surface area contributed by atoms with E-state index in [1.54, 1.807) is 11.3 Å². The quantitative estimate of drug-likeness (QED) is 0.831. The van der Waals surface area contributed by atoms with Gasteiger partial charge in [0, 0.05) is 20.8 Å². The van der Waals surface area contributed by atoms with Crippen LogP contribution in [0.2, 0.25) is 5.02 Å². The Labute approximate surface area is 99.4 Å². The van der Waals surface area contributed by atoms with Crippen LogP contribution in [-0.2, 0) is 11.9 Å². The fourth-order valence-corrected chi connectivity index (χ4v) is 3.25. The number of rotatable bonds is 2. The van der Waals surface area contributed by atoms with E-state index in [-0.39, 0.29) is 6.61 Å². The highest BCUT2D eigenvalue weighted by Gasteiger charge is 2.08. The number of thiophene rings is 1. The zero-order valence-electron chi connectivity index (χ0n) is 7.26. The summed E-state index contributed by atoms with van der Waals surface area (Å²) in [4.78, 5) is 0. The molecule has 0 aliphatic carbocycles. The van der Waals surface area contributed by atoms with Crippen molar-refractivity contribution in [3.05, 3.63) is 33.7 Å². The molecule has 0 fully saturated rings. The second-order valence-electron chi connectivity index (χ2n) is 3.00. The molecule has 0 aliphatic heterocycles. The van der Waals surface area contributed by atoms with Gasteiger partial charge in [0.2, 0.25) is 0 Å². The molecule has 1 aromatic carbocycles. The van der Waals surface area contributed by atoms with Gasteiger partial charge in [0.15, 0.2) is 0 Å². The Balaban J connectivity index is 2.76. The molecular weight excluding hydrogens is 284 g/mol. The first-order valence-electron chi connectivity index (χ1n) is 4.11. The van der Waals surface area contributed by atoms with Gasteiger partial charge >= 0.3 is 0 Å². The molecule has 0 atom stereocenters. The van der Waals surface area contributed by atoms with Crippen LogP contribution in [0.1, 0.15) is 11.1 Å². The van der Waals surface area contributed by atoms with E-state index in [9.17, 15) is 0 Å². The molecule has 0 saturated heterocycles. The third-order valence-electron chi connectivity index (χ3n) is 2.10. The zero-order valence-corrected chi connectivity index (χ0v) is 10.4. The van der Waals surface area contributed by atoms with Gasteiger partial charge in [-0.1, -0.05) is 33.6 Å². The molecule has 2 aromatic rings. The average Bonchev–Trinajstić information content (AvgIpc) is 2.59. The minimum atomic E-state index is 0.0749. The Hall–Kier alpha value is -0.0900. The van der Waals surface area contributed by atoms with E-state index in [2.05, 4.69) is 15.9 Å². The Kier molecular flexibility index (Phi) is 3.12. The number of halogens is 2. The molecule has 0 bridgehead atoms. The summed E-state index contributed by atoms with van der Waals surface area (Å²) in [6.45, 7) is 0.0749. The molecule has 0 radical (unpaired) electrons. The Morgan fingerprint density at radius 3 is 2.86 bits per heavy atom. The Morgan fingerprint density at radius 1 is 1.43 bits per heavy atom. The number of fused-ring (bicyclic) bond motifs is 1. The van der Waals surface area contributed by atoms with Gasteiger partial charge in [-0.15, -0.1) is 11.3 Å². The zero-order chi connectivity index (χ0) is 10.1. The summed E-state index contributed by atoms with van der Waals surface area (Å²) < 4.78 is 1.14. The third-order valence-corrected chi connectivity index (χ3v) is 4.06. The van der Waals surface area contributed by atoms with Crippen molar-refractivity contribution in [2.75, 3.05) is 0 Å². The summed E-state index contributed by atoms with van der Waals surface area (Å²) in [5.41, 5.74) is 2.07. The SMILES string of the molecule is OCc1cc(CBr)c2c(Cl)csc2c1. The summed E-state index contributed by atoms with van der Waals surface area (Å²) in [5.74, 6) is 0. The molecule has 0 aliphatic rings. The second kappa shape index (κ2) is 4.19.